The molecule has 1 heterocycles. The normalized spacial score (nSPS) is 11.1. The molecule has 2 aromatic carbocycles. The summed E-state index contributed by atoms with van der Waals surface area (Å²) in [5.41, 5.74) is 5.38. The lowest BCUT2D eigenvalue weighted by molar-refractivity contribution is -0.124. The molecule has 0 fully saturated rings. The van der Waals surface area contributed by atoms with E-state index in [0.29, 0.717) is 0 Å². The van der Waals surface area contributed by atoms with Crippen LogP contribution >= 0.6 is 0 Å². The maximum atomic E-state index is 11.0. The van der Waals surface area contributed by atoms with E-state index >= 15 is 0 Å². The summed E-state index contributed by atoms with van der Waals surface area (Å²) in [6.45, 7) is 0. The van der Waals surface area contributed by atoms with Crippen LogP contribution in [0.3, 0.4) is 0 Å². The molecule has 128 valence electrons. The van der Waals surface area contributed by atoms with Gasteiger partial charge in [0.25, 0.3) is 5.91 Å². The van der Waals surface area contributed by atoms with Crippen molar-refractivity contribution in [2.24, 2.45) is 0 Å². The van der Waals surface area contributed by atoms with Crippen LogP contribution in [0.5, 0.6) is 5.75 Å². The predicted molar refractivity (Wildman–Crippen MR) is 95.5 cm³/mol. The first-order valence-electron chi connectivity index (χ1n) is 7.91. The number of aryl methyl sites for hydroxylation is 2. The molecule has 3 aromatic rings. The Morgan fingerprint density at radius 2 is 2.16 bits per heavy atom. The second-order valence-corrected chi connectivity index (χ2v) is 5.62. The van der Waals surface area contributed by atoms with Crippen LogP contribution in [0.4, 0.5) is 0 Å². The van der Waals surface area contributed by atoms with Crippen LogP contribution in [0.1, 0.15) is 17.0 Å². The lowest BCUT2D eigenvalue weighted by atomic mass is 10.1. The van der Waals surface area contributed by atoms with Gasteiger partial charge < -0.3 is 9.72 Å². The number of benzene rings is 2. The molecule has 1 amide bonds. The summed E-state index contributed by atoms with van der Waals surface area (Å²) < 4.78 is 5.24. The lowest BCUT2D eigenvalue weighted by Gasteiger charge is -2.03. The number of amides is 1. The standard InChI is InChI=1S/C19H19N3O3/c1-25-15-4-2-3-13(11-15)6-9-18-20-16-8-5-14(12-17(16)21-18)7-10-19(23)22-24/h2-5,7-8,10-12,24H,6,9H2,1H3,(H,20,21)(H,22,23)/b10-7+. The first-order chi connectivity index (χ1) is 12.2. The van der Waals surface area contributed by atoms with Gasteiger partial charge in [0.15, 0.2) is 0 Å². The average Bonchev–Trinajstić information content (AvgIpc) is 3.06. The van der Waals surface area contributed by atoms with Crippen molar-refractivity contribution in [3.8, 4) is 5.75 Å². The van der Waals surface area contributed by atoms with E-state index in [0.717, 1.165) is 41.0 Å². The third-order valence-corrected chi connectivity index (χ3v) is 3.88. The van der Waals surface area contributed by atoms with Crippen molar-refractivity contribution < 1.29 is 14.7 Å². The fourth-order valence-electron chi connectivity index (χ4n) is 2.60. The van der Waals surface area contributed by atoms with Crippen molar-refractivity contribution >= 4 is 23.0 Å². The molecule has 3 rings (SSSR count). The number of nitrogens with one attached hydrogen (secondary N) is 2. The Balaban J connectivity index is 1.72. The molecule has 6 heteroatoms. The van der Waals surface area contributed by atoms with Crippen molar-refractivity contribution in [3.05, 3.63) is 65.5 Å². The van der Waals surface area contributed by atoms with Crippen LogP contribution in [0.25, 0.3) is 17.1 Å². The number of aromatic amines is 1. The molecule has 0 aliphatic carbocycles. The summed E-state index contributed by atoms with van der Waals surface area (Å²) in [5.74, 6) is 1.19. The molecular formula is C19H19N3O3. The molecule has 0 unspecified atom stereocenters. The van der Waals surface area contributed by atoms with Crippen LogP contribution in [0.2, 0.25) is 0 Å². The van der Waals surface area contributed by atoms with Crippen molar-refractivity contribution in [2.75, 3.05) is 7.11 Å². The summed E-state index contributed by atoms with van der Waals surface area (Å²) >= 11 is 0. The smallest absolute Gasteiger partial charge is 0.267 e. The van der Waals surface area contributed by atoms with Gasteiger partial charge in [-0.1, -0.05) is 18.2 Å². The molecular weight excluding hydrogens is 318 g/mol. The number of aromatic nitrogens is 2. The molecule has 0 bridgehead atoms. The van der Waals surface area contributed by atoms with Gasteiger partial charge in [0.2, 0.25) is 0 Å². The van der Waals surface area contributed by atoms with Gasteiger partial charge in [0, 0.05) is 12.5 Å². The zero-order valence-corrected chi connectivity index (χ0v) is 13.8. The van der Waals surface area contributed by atoms with E-state index in [1.165, 1.54) is 11.6 Å². The summed E-state index contributed by atoms with van der Waals surface area (Å²) in [6, 6.07) is 13.7. The predicted octanol–water partition coefficient (Wildman–Crippen LogP) is 2.88. The topological polar surface area (TPSA) is 87.2 Å². The zero-order valence-electron chi connectivity index (χ0n) is 13.8. The second kappa shape index (κ2) is 7.63. The molecule has 3 N–H and O–H groups in total. The number of hydrogen-bond donors (Lipinski definition) is 3. The molecule has 6 nitrogen and oxygen atoms in total. The molecule has 1 aromatic heterocycles. The van der Waals surface area contributed by atoms with Gasteiger partial charge in [0.05, 0.1) is 18.1 Å². The Morgan fingerprint density at radius 1 is 1.28 bits per heavy atom. The Hall–Kier alpha value is -3.12. The Kier molecular flexibility index (Phi) is 5.11. The number of hydroxylamine groups is 1. The van der Waals surface area contributed by atoms with Gasteiger partial charge in [-0.15, -0.1) is 0 Å². The van der Waals surface area contributed by atoms with Crippen LogP contribution in [0.15, 0.2) is 48.5 Å². The highest BCUT2D eigenvalue weighted by molar-refractivity contribution is 5.91. The number of hydrogen-bond acceptors (Lipinski definition) is 4. The fourth-order valence-corrected chi connectivity index (χ4v) is 2.60. The lowest BCUT2D eigenvalue weighted by Crippen LogP contribution is -2.14. The first kappa shape index (κ1) is 16.7. The highest BCUT2D eigenvalue weighted by Crippen LogP contribution is 2.17. The van der Waals surface area contributed by atoms with Crippen LogP contribution in [0, 0.1) is 0 Å². The molecule has 0 aliphatic heterocycles. The average molecular weight is 337 g/mol. The van der Waals surface area contributed by atoms with Crippen LogP contribution in [-0.2, 0) is 17.6 Å². The second-order valence-electron chi connectivity index (χ2n) is 5.62. The maximum Gasteiger partial charge on any atom is 0.267 e. The van der Waals surface area contributed by atoms with E-state index in [1.807, 2.05) is 36.4 Å². The summed E-state index contributed by atoms with van der Waals surface area (Å²) in [6.07, 6.45) is 4.54. The number of carbonyl (C=O) groups excluding carboxylic acids is 1. The number of carbonyl (C=O) groups is 1. The van der Waals surface area contributed by atoms with Gasteiger partial charge in [-0.05, 0) is 47.9 Å². The third-order valence-electron chi connectivity index (χ3n) is 3.88. The largest absolute Gasteiger partial charge is 0.497 e. The zero-order chi connectivity index (χ0) is 17.6. The number of fused-ring (bicyclic) bond motifs is 1. The minimum absolute atomic E-state index is 0.568. The van der Waals surface area contributed by atoms with Gasteiger partial charge in [-0.3, -0.25) is 10.0 Å². The first-order valence-corrected chi connectivity index (χ1v) is 7.91. The van der Waals surface area contributed by atoms with Gasteiger partial charge in [-0.25, -0.2) is 10.5 Å². The minimum atomic E-state index is -0.568. The summed E-state index contributed by atoms with van der Waals surface area (Å²) in [4.78, 5) is 19.0. The molecule has 25 heavy (non-hydrogen) atoms. The molecule has 0 atom stereocenters. The maximum absolute atomic E-state index is 11.0. The Bertz CT molecular complexity index is 915. The van der Waals surface area contributed by atoms with Gasteiger partial charge in [0.1, 0.15) is 11.6 Å². The summed E-state index contributed by atoms with van der Waals surface area (Å²) in [7, 11) is 1.66. The van der Waals surface area contributed by atoms with Crippen molar-refractivity contribution in [3.63, 3.8) is 0 Å². The van der Waals surface area contributed by atoms with E-state index in [1.54, 1.807) is 18.7 Å². The number of rotatable bonds is 6. The monoisotopic (exact) mass is 337 g/mol. The van der Waals surface area contributed by atoms with E-state index < -0.39 is 5.91 Å². The minimum Gasteiger partial charge on any atom is -0.497 e. The fraction of sp³-hybridized carbons (Fsp3) is 0.158. The number of ether oxygens (including phenoxy) is 1. The van der Waals surface area contributed by atoms with Crippen molar-refractivity contribution in [2.45, 2.75) is 12.8 Å². The summed E-state index contributed by atoms with van der Waals surface area (Å²) in [5, 5.41) is 8.50. The van der Waals surface area contributed by atoms with E-state index in [9.17, 15) is 4.79 Å². The number of methoxy groups -OCH3 is 1. The van der Waals surface area contributed by atoms with Crippen molar-refractivity contribution in [1.29, 1.82) is 0 Å². The van der Waals surface area contributed by atoms with E-state index in [-0.39, 0.29) is 0 Å². The quantitative estimate of drug-likeness (QED) is 0.367. The van der Waals surface area contributed by atoms with Gasteiger partial charge >= 0.3 is 0 Å². The number of nitrogens with zero attached hydrogens (tertiary/aromatic N) is 1. The molecule has 0 saturated carbocycles. The number of H-pyrrole nitrogens is 1. The SMILES string of the molecule is COc1cccc(CCc2nc3cc(/C=C/C(=O)NO)ccc3[nH]2)c1. The van der Waals surface area contributed by atoms with Crippen LogP contribution < -0.4 is 10.2 Å². The highest BCUT2D eigenvalue weighted by Gasteiger charge is 2.05. The van der Waals surface area contributed by atoms with E-state index in [4.69, 9.17) is 9.94 Å². The van der Waals surface area contributed by atoms with Crippen LogP contribution in [-0.4, -0.2) is 28.2 Å². The molecule has 0 spiro atoms. The molecule has 0 aliphatic rings. The van der Waals surface area contributed by atoms with E-state index in [2.05, 4.69) is 16.0 Å². The molecule has 0 radical (unpaired) electrons. The third kappa shape index (κ3) is 4.24. The van der Waals surface area contributed by atoms with Gasteiger partial charge in [-0.2, -0.15) is 0 Å². The Morgan fingerprint density at radius 3 is 2.96 bits per heavy atom. The van der Waals surface area contributed by atoms with Crippen molar-refractivity contribution in [1.82, 2.24) is 15.4 Å². The highest BCUT2D eigenvalue weighted by atomic mass is 16.5. The Labute approximate surface area is 145 Å². The number of imidazole rings is 1. The molecule has 0 saturated heterocycles.